The van der Waals surface area contributed by atoms with Gasteiger partial charge in [0, 0.05) is 25.2 Å². The van der Waals surface area contributed by atoms with Crippen molar-refractivity contribution in [3.05, 3.63) is 59.5 Å². The lowest BCUT2D eigenvalue weighted by Crippen LogP contribution is -2.38. The SMILES string of the molecule is Cc1ccc(C)c(OCCC(=O)N2CCC(c3nnc4ccccn34)CC2)c1. The molecule has 0 aliphatic carbocycles. The Kier molecular flexibility index (Phi) is 5.28. The first-order valence-electron chi connectivity index (χ1n) is 9.89. The fourth-order valence-corrected chi connectivity index (χ4v) is 3.79. The van der Waals surface area contributed by atoms with Crippen molar-refractivity contribution in [3.8, 4) is 5.75 Å². The molecule has 146 valence electrons. The third-order valence-corrected chi connectivity index (χ3v) is 5.47. The highest BCUT2D eigenvalue weighted by molar-refractivity contribution is 5.76. The third kappa shape index (κ3) is 3.86. The number of carbonyl (C=O) groups excluding carboxylic acids is 1. The molecule has 4 rings (SSSR count). The number of carbonyl (C=O) groups is 1. The molecule has 3 aromatic rings. The smallest absolute Gasteiger partial charge is 0.225 e. The van der Waals surface area contributed by atoms with Gasteiger partial charge in [-0.25, -0.2) is 0 Å². The summed E-state index contributed by atoms with van der Waals surface area (Å²) in [5.74, 6) is 2.37. The van der Waals surface area contributed by atoms with Gasteiger partial charge in [-0.05, 0) is 56.0 Å². The Labute approximate surface area is 165 Å². The van der Waals surface area contributed by atoms with E-state index >= 15 is 0 Å². The summed E-state index contributed by atoms with van der Waals surface area (Å²) >= 11 is 0. The van der Waals surface area contributed by atoms with Crippen LogP contribution in [0, 0.1) is 13.8 Å². The molecule has 0 N–H and O–H groups in total. The van der Waals surface area contributed by atoms with Crippen LogP contribution in [0.1, 0.15) is 42.1 Å². The number of piperidine rings is 1. The molecule has 1 aliphatic heterocycles. The predicted molar refractivity (Wildman–Crippen MR) is 108 cm³/mol. The number of hydrogen-bond donors (Lipinski definition) is 0. The van der Waals surface area contributed by atoms with Gasteiger partial charge in [0.15, 0.2) is 5.65 Å². The van der Waals surface area contributed by atoms with Gasteiger partial charge in [0.1, 0.15) is 11.6 Å². The first-order valence-corrected chi connectivity index (χ1v) is 9.89. The average molecular weight is 378 g/mol. The summed E-state index contributed by atoms with van der Waals surface area (Å²) in [7, 11) is 0. The largest absolute Gasteiger partial charge is 0.493 e. The number of aryl methyl sites for hydroxylation is 2. The van der Waals surface area contributed by atoms with Crippen molar-refractivity contribution >= 4 is 11.6 Å². The molecule has 1 amide bonds. The molecular formula is C22H26N4O2. The van der Waals surface area contributed by atoms with E-state index in [-0.39, 0.29) is 5.91 Å². The number of rotatable bonds is 5. The van der Waals surface area contributed by atoms with Crippen molar-refractivity contribution < 1.29 is 9.53 Å². The van der Waals surface area contributed by atoms with Gasteiger partial charge < -0.3 is 9.64 Å². The number of benzene rings is 1. The Bertz CT molecular complexity index is 974. The summed E-state index contributed by atoms with van der Waals surface area (Å²) in [5, 5.41) is 8.62. The molecule has 28 heavy (non-hydrogen) atoms. The maximum Gasteiger partial charge on any atom is 0.225 e. The van der Waals surface area contributed by atoms with Crippen molar-refractivity contribution in [3.63, 3.8) is 0 Å². The zero-order valence-corrected chi connectivity index (χ0v) is 16.5. The zero-order chi connectivity index (χ0) is 19.5. The zero-order valence-electron chi connectivity index (χ0n) is 16.5. The van der Waals surface area contributed by atoms with Crippen LogP contribution in [0.15, 0.2) is 42.6 Å². The van der Waals surface area contributed by atoms with Gasteiger partial charge in [-0.3, -0.25) is 9.20 Å². The number of hydrogen-bond acceptors (Lipinski definition) is 4. The lowest BCUT2D eigenvalue weighted by Gasteiger charge is -2.31. The summed E-state index contributed by atoms with van der Waals surface area (Å²) in [6.45, 7) is 6.00. The fourth-order valence-electron chi connectivity index (χ4n) is 3.79. The molecule has 3 heterocycles. The molecule has 1 aromatic carbocycles. The molecule has 0 unspecified atom stereocenters. The van der Waals surface area contributed by atoms with E-state index in [9.17, 15) is 4.79 Å². The molecular weight excluding hydrogens is 352 g/mol. The van der Waals surface area contributed by atoms with Crippen molar-refractivity contribution in [1.82, 2.24) is 19.5 Å². The van der Waals surface area contributed by atoms with E-state index in [0.717, 1.165) is 54.3 Å². The fraction of sp³-hybridized carbons (Fsp3) is 0.409. The highest BCUT2D eigenvalue weighted by Gasteiger charge is 2.26. The second-order valence-corrected chi connectivity index (χ2v) is 7.51. The lowest BCUT2D eigenvalue weighted by molar-refractivity contribution is -0.132. The Hall–Kier alpha value is -2.89. The van der Waals surface area contributed by atoms with Gasteiger partial charge >= 0.3 is 0 Å². The standard InChI is InChI=1S/C22H26N4O2/c1-16-6-7-17(2)19(15-16)28-14-10-21(27)25-12-8-18(9-13-25)22-24-23-20-5-3-4-11-26(20)22/h3-7,11,15,18H,8-10,12-14H2,1-2H3. The van der Waals surface area contributed by atoms with Crippen molar-refractivity contribution in [1.29, 1.82) is 0 Å². The number of aromatic nitrogens is 3. The van der Waals surface area contributed by atoms with Gasteiger partial charge in [0.25, 0.3) is 0 Å². The Morgan fingerprint density at radius 3 is 2.79 bits per heavy atom. The lowest BCUT2D eigenvalue weighted by atomic mass is 9.96. The molecule has 1 saturated heterocycles. The summed E-state index contributed by atoms with van der Waals surface area (Å²) in [6, 6.07) is 12.1. The van der Waals surface area contributed by atoms with Gasteiger partial charge in [-0.1, -0.05) is 18.2 Å². The molecule has 0 radical (unpaired) electrons. The van der Waals surface area contributed by atoms with Gasteiger partial charge in [0.2, 0.25) is 5.91 Å². The molecule has 0 saturated carbocycles. The average Bonchev–Trinajstić information content (AvgIpc) is 3.15. The second-order valence-electron chi connectivity index (χ2n) is 7.51. The van der Waals surface area contributed by atoms with E-state index in [1.54, 1.807) is 0 Å². The highest BCUT2D eigenvalue weighted by atomic mass is 16.5. The number of likely N-dealkylation sites (tertiary alicyclic amines) is 1. The van der Waals surface area contributed by atoms with Crippen molar-refractivity contribution in [2.45, 2.75) is 39.0 Å². The number of pyridine rings is 1. The van der Waals surface area contributed by atoms with Gasteiger partial charge in [-0.2, -0.15) is 0 Å². The van der Waals surface area contributed by atoms with Crippen molar-refractivity contribution in [2.24, 2.45) is 0 Å². The maximum atomic E-state index is 12.6. The van der Waals surface area contributed by atoms with E-state index in [2.05, 4.69) is 20.7 Å². The van der Waals surface area contributed by atoms with Crippen LogP contribution in [0.4, 0.5) is 0 Å². The summed E-state index contributed by atoms with van der Waals surface area (Å²) in [6.07, 6.45) is 4.25. The minimum Gasteiger partial charge on any atom is -0.493 e. The third-order valence-electron chi connectivity index (χ3n) is 5.47. The second kappa shape index (κ2) is 8.00. The van der Waals surface area contributed by atoms with Crippen LogP contribution in [0.3, 0.4) is 0 Å². The minimum absolute atomic E-state index is 0.162. The van der Waals surface area contributed by atoms with Crippen LogP contribution in [0.5, 0.6) is 5.75 Å². The normalized spacial score (nSPS) is 15.1. The van der Waals surface area contributed by atoms with Crippen LogP contribution in [-0.4, -0.2) is 45.1 Å². The van der Waals surface area contributed by atoms with Crippen molar-refractivity contribution in [2.75, 3.05) is 19.7 Å². The predicted octanol–water partition coefficient (Wildman–Crippen LogP) is 3.52. The molecule has 1 aliphatic rings. The van der Waals surface area contributed by atoms with Crippen LogP contribution >= 0.6 is 0 Å². The van der Waals surface area contributed by atoms with Gasteiger partial charge in [-0.15, -0.1) is 10.2 Å². The van der Waals surface area contributed by atoms with E-state index < -0.39 is 0 Å². The van der Waals surface area contributed by atoms with Crippen LogP contribution < -0.4 is 4.74 Å². The van der Waals surface area contributed by atoms with E-state index in [1.807, 2.05) is 55.3 Å². The molecule has 6 nitrogen and oxygen atoms in total. The minimum atomic E-state index is 0.162. The van der Waals surface area contributed by atoms with E-state index in [4.69, 9.17) is 4.74 Å². The Morgan fingerprint density at radius 2 is 1.96 bits per heavy atom. The van der Waals surface area contributed by atoms with Crippen LogP contribution in [0.2, 0.25) is 0 Å². The summed E-state index contributed by atoms with van der Waals surface area (Å²) in [5.41, 5.74) is 3.13. The first kappa shape index (κ1) is 18.5. The Morgan fingerprint density at radius 1 is 1.14 bits per heavy atom. The molecule has 2 aromatic heterocycles. The first-order chi connectivity index (χ1) is 13.6. The molecule has 0 bridgehead atoms. The number of fused-ring (bicyclic) bond motifs is 1. The van der Waals surface area contributed by atoms with Crippen LogP contribution in [-0.2, 0) is 4.79 Å². The van der Waals surface area contributed by atoms with Crippen LogP contribution in [0.25, 0.3) is 5.65 Å². The molecule has 0 atom stereocenters. The summed E-state index contributed by atoms with van der Waals surface area (Å²) in [4.78, 5) is 14.5. The summed E-state index contributed by atoms with van der Waals surface area (Å²) < 4.78 is 7.89. The topological polar surface area (TPSA) is 59.7 Å². The maximum absolute atomic E-state index is 12.6. The molecule has 1 fully saturated rings. The number of ether oxygens (including phenoxy) is 1. The van der Waals surface area contributed by atoms with E-state index in [1.165, 1.54) is 0 Å². The number of nitrogens with zero attached hydrogens (tertiary/aromatic N) is 4. The van der Waals surface area contributed by atoms with Gasteiger partial charge in [0.05, 0.1) is 13.0 Å². The van der Waals surface area contributed by atoms with E-state index in [0.29, 0.717) is 18.9 Å². The number of amides is 1. The molecule has 6 heteroatoms. The highest BCUT2D eigenvalue weighted by Crippen LogP contribution is 2.27. The Balaban J connectivity index is 1.29. The monoisotopic (exact) mass is 378 g/mol. The molecule has 0 spiro atoms. The quantitative estimate of drug-likeness (QED) is 0.682.